The van der Waals surface area contributed by atoms with Gasteiger partial charge >= 0.3 is 12.0 Å². The zero-order valence-electron chi connectivity index (χ0n) is 13.5. The summed E-state index contributed by atoms with van der Waals surface area (Å²) in [5, 5.41) is 15.9. The van der Waals surface area contributed by atoms with Crippen molar-refractivity contribution in [1.29, 1.82) is 0 Å². The lowest BCUT2D eigenvalue weighted by Gasteiger charge is -2.04. The summed E-state index contributed by atoms with van der Waals surface area (Å²) in [7, 11) is 0. The normalized spacial score (nSPS) is 9.62. The molecule has 1 heterocycles. The molecule has 5 N–H and O–H groups in total. The molecule has 2 aromatic rings. The second-order valence-electron chi connectivity index (χ2n) is 4.79. The maximum Gasteiger partial charge on any atom is 0.315 e. The summed E-state index contributed by atoms with van der Waals surface area (Å²) in [6.45, 7) is 0.613. The van der Waals surface area contributed by atoms with E-state index in [4.69, 9.17) is 34.0 Å². The number of carboxylic acid groups (broad SMARTS) is 1. The number of carbonyl (C=O) groups excluding carboxylic acids is 2. The average Bonchev–Trinajstić information content (AvgIpc) is 3.06. The molecular formula is C16H17Cl2N3O4S. The standard InChI is InChI=1S/C9H12N2O3S.C7H5Cl2NO/c12-8(13)3-4-10-9(14)11-6-7-2-1-5-15-7;8-4-2-1-3-5(9)6(4)7(10)11/h1-2,5H,3-4,6H2,(H,12,13)(H2,10,11,14);1-3H,(H2,10,11). The summed E-state index contributed by atoms with van der Waals surface area (Å²) >= 11 is 12.8. The van der Waals surface area contributed by atoms with E-state index >= 15 is 0 Å². The second kappa shape index (κ2) is 11.3. The Hall–Kier alpha value is -2.29. The molecule has 10 heteroatoms. The third kappa shape index (κ3) is 8.19. The van der Waals surface area contributed by atoms with Crippen molar-refractivity contribution in [3.8, 4) is 0 Å². The van der Waals surface area contributed by atoms with Crippen LogP contribution in [-0.4, -0.2) is 29.6 Å². The number of urea groups is 1. The van der Waals surface area contributed by atoms with Crippen LogP contribution in [0.4, 0.5) is 4.79 Å². The number of nitrogens with two attached hydrogens (primary N) is 1. The number of carbonyl (C=O) groups is 3. The molecule has 0 saturated heterocycles. The lowest BCUT2D eigenvalue weighted by atomic mass is 10.2. The minimum atomic E-state index is -0.923. The molecule has 3 amide bonds. The maximum absolute atomic E-state index is 11.1. The number of rotatable bonds is 6. The molecule has 1 aromatic heterocycles. The van der Waals surface area contributed by atoms with Crippen LogP contribution in [0.5, 0.6) is 0 Å². The van der Waals surface area contributed by atoms with Crippen LogP contribution in [0, 0.1) is 0 Å². The van der Waals surface area contributed by atoms with Gasteiger partial charge in [0.1, 0.15) is 0 Å². The summed E-state index contributed by atoms with van der Waals surface area (Å²) in [5.74, 6) is -1.53. The SMILES string of the molecule is NC(=O)c1c(Cl)cccc1Cl.O=C(O)CCNC(=O)NCc1cccs1. The highest BCUT2D eigenvalue weighted by Gasteiger charge is 2.09. The first-order chi connectivity index (χ1) is 12.3. The van der Waals surface area contributed by atoms with E-state index < -0.39 is 11.9 Å². The first kappa shape index (κ1) is 21.8. The summed E-state index contributed by atoms with van der Waals surface area (Å²) in [6, 6.07) is 8.26. The zero-order chi connectivity index (χ0) is 19.5. The molecule has 0 spiro atoms. The largest absolute Gasteiger partial charge is 0.481 e. The van der Waals surface area contributed by atoms with Gasteiger partial charge < -0.3 is 21.5 Å². The topological polar surface area (TPSA) is 122 Å². The van der Waals surface area contributed by atoms with Crippen LogP contribution in [0.3, 0.4) is 0 Å². The molecule has 0 atom stereocenters. The van der Waals surface area contributed by atoms with Crippen molar-refractivity contribution in [2.24, 2.45) is 5.73 Å². The summed E-state index contributed by atoms with van der Waals surface area (Å²) < 4.78 is 0. The van der Waals surface area contributed by atoms with E-state index in [-0.39, 0.29) is 34.6 Å². The van der Waals surface area contributed by atoms with Gasteiger partial charge in [0.2, 0.25) is 0 Å². The highest BCUT2D eigenvalue weighted by molar-refractivity contribution is 7.09. The second-order valence-corrected chi connectivity index (χ2v) is 6.64. The van der Waals surface area contributed by atoms with E-state index in [0.29, 0.717) is 6.54 Å². The van der Waals surface area contributed by atoms with Crippen LogP contribution in [0.2, 0.25) is 10.0 Å². The number of halogens is 2. The number of hydrogen-bond acceptors (Lipinski definition) is 4. The van der Waals surface area contributed by atoms with Crippen molar-refractivity contribution in [1.82, 2.24) is 10.6 Å². The van der Waals surface area contributed by atoms with Gasteiger partial charge in [0, 0.05) is 11.4 Å². The number of carboxylic acids is 1. The predicted octanol–water partition coefficient (Wildman–Crippen LogP) is 3.11. The monoisotopic (exact) mass is 417 g/mol. The third-order valence-electron chi connectivity index (χ3n) is 2.84. The van der Waals surface area contributed by atoms with Crippen LogP contribution in [0.25, 0.3) is 0 Å². The summed E-state index contributed by atoms with van der Waals surface area (Å²) in [4.78, 5) is 33.0. The fourth-order valence-corrected chi connectivity index (χ4v) is 2.89. The van der Waals surface area contributed by atoms with Gasteiger partial charge in [0.25, 0.3) is 5.91 Å². The Balaban J connectivity index is 0.000000273. The Bertz CT molecular complexity index is 734. The van der Waals surface area contributed by atoms with Crippen molar-refractivity contribution < 1.29 is 19.5 Å². The molecule has 0 unspecified atom stereocenters. The molecule has 0 fully saturated rings. The van der Waals surface area contributed by atoms with Gasteiger partial charge in [0.05, 0.1) is 28.6 Å². The molecule has 0 bridgehead atoms. The molecule has 7 nitrogen and oxygen atoms in total. The van der Waals surface area contributed by atoms with Crippen LogP contribution >= 0.6 is 34.5 Å². The Labute approximate surface area is 164 Å². The third-order valence-corrected chi connectivity index (χ3v) is 4.34. The highest BCUT2D eigenvalue weighted by atomic mass is 35.5. The van der Waals surface area contributed by atoms with Crippen LogP contribution in [-0.2, 0) is 11.3 Å². The van der Waals surface area contributed by atoms with E-state index in [1.54, 1.807) is 29.5 Å². The highest BCUT2D eigenvalue weighted by Crippen LogP contribution is 2.23. The van der Waals surface area contributed by atoms with Crippen molar-refractivity contribution in [2.75, 3.05) is 6.54 Å². The number of thiophene rings is 1. The van der Waals surface area contributed by atoms with Gasteiger partial charge in [-0.15, -0.1) is 11.3 Å². The maximum atomic E-state index is 11.1. The fourth-order valence-electron chi connectivity index (χ4n) is 1.66. The number of nitrogens with one attached hydrogen (secondary N) is 2. The molecule has 0 aliphatic carbocycles. The van der Waals surface area contributed by atoms with Crippen molar-refractivity contribution >= 4 is 52.4 Å². The molecule has 0 saturated carbocycles. The molecule has 1 aromatic carbocycles. The number of aliphatic carboxylic acids is 1. The molecule has 140 valence electrons. The molecular weight excluding hydrogens is 401 g/mol. The van der Waals surface area contributed by atoms with Gasteiger partial charge in [-0.1, -0.05) is 35.3 Å². The first-order valence-corrected chi connectivity index (χ1v) is 8.94. The molecule has 26 heavy (non-hydrogen) atoms. The van der Waals surface area contributed by atoms with Gasteiger partial charge in [-0.25, -0.2) is 4.79 Å². The Morgan fingerprint density at radius 3 is 2.19 bits per heavy atom. The lowest BCUT2D eigenvalue weighted by Crippen LogP contribution is -2.36. The van der Waals surface area contributed by atoms with E-state index in [0.717, 1.165) is 4.88 Å². The quantitative estimate of drug-likeness (QED) is 0.576. The first-order valence-electron chi connectivity index (χ1n) is 7.31. The number of primary amides is 1. The predicted molar refractivity (Wildman–Crippen MR) is 102 cm³/mol. The Kier molecular flexibility index (Phi) is 9.50. The molecule has 0 radical (unpaired) electrons. The zero-order valence-corrected chi connectivity index (χ0v) is 15.8. The molecule has 0 aliphatic rings. The van der Waals surface area contributed by atoms with E-state index in [1.165, 1.54) is 0 Å². The number of amides is 3. The minimum Gasteiger partial charge on any atom is -0.481 e. The minimum absolute atomic E-state index is 0.0631. The van der Waals surface area contributed by atoms with Gasteiger partial charge in [-0.05, 0) is 23.6 Å². The van der Waals surface area contributed by atoms with Crippen LogP contribution < -0.4 is 16.4 Å². The molecule has 0 aliphatic heterocycles. The van der Waals surface area contributed by atoms with Crippen LogP contribution in [0.15, 0.2) is 35.7 Å². The van der Waals surface area contributed by atoms with E-state index in [9.17, 15) is 14.4 Å². The summed E-state index contributed by atoms with van der Waals surface area (Å²) in [6.07, 6.45) is -0.0631. The van der Waals surface area contributed by atoms with E-state index in [1.807, 2.05) is 17.5 Å². The van der Waals surface area contributed by atoms with Gasteiger partial charge in [-0.3, -0.25) is 9.59 Å². The van der Waals surface area contributed by atoms with Gasteiger partial charge in [0.15, 0.2) is 0 Å². The van der Waals surface area contributed by atoms with Crippen molar-refractivity contribution in [3.63, 3.8) is 0 Å². The number of benzene rings is 1. The Morgan fingerprint density at radius 2 is 1.73 bits per heavy atom. The summed E-state index contributed by atoms with van der Waals surface area (Å²) in [5.41, 5.74) is 5.18. The van der Waals surface area contributed by atoms with Gasteiger partial charge in [-0.2, -0.15) is 0 Å². The van der Waals surface area contributed by atoms with Crippen molar-refractivity contribution in [2.45, 2.75) is 13.0 Å². The Morgan fingerprint density at radius 1 is 1.08 bits per heavy atom. The number of hydrogen-bond donors (Lipinski definition) is 4. The van der Waals surface area contributed by atoms with Crippen LogP contribution in [0.1, 0.15) is 21.7 Å². The molecule has 2 rings (SSSR count). The fraction of sp³-hybridized carbons (Fsp3) is 0.188. The van der Waals surface area contributed by atoms with Crippen molar-refractivity contribution in [3.05, 3.63) is 56.2 Å². The average molecular weight is 418 g/mol. The lowest BCUT2D eigenvalue weighted by molar-refractivity contribution is -0.136. The smallest absolute Gasteiger partial charge is 0.315 e. The van der Waals surface area contributed by atoms with E-state index in [2.05, 4.69) is 10.6 Å².